The van der Waals surface area contributed by atoms with Gasteiger partial charge in [0.15, 0.2) is 5.82 Å². The first kappa shape index (κ1) is 16.2. The number of hydrogen-bond donors (Lipinski definition) is 2. The summed E-state index contributed by atoms with van der Waals surface area (Å²) in [5, 5.41) is 24.1. The molecule has 0 atom stereocenters. The Morgan fingerprint density at radius 3 is 3.04 bits per heavy atom. The van der Waals surface area contributed by atoms with Crippen LogP contribution in [0.3, 0.4) is 0 Å². The van der Waals surface area contributed by atoms with Crippen molar-refractivity contribution >= 4 is 56.9 Å². The van der Waals surface area contributed by atoms with Crippen LogP contribution in [-0.4, -0.2) is 26.0 Å². The summed E-state index contributed by atoms with van der Waals surface area (Å²) in [5.74, 6) is 0.759. The van der Waals surface area contributed by atoms with Gasteiger partial charge in [0.1, 0.15) is 23.0 Å². The number of aromatic amines is 1. The second-order valence-corrected chi connectivity index (χ2v) is 6.52. The number of nitrogens with zero attached hydrogens (tertiary/aromatic N) is 5. The number of halogens is 1. The Kier molecular flexibility index (Phi) is 4.31. The molecule has 7 nitrogen and oxygen atoms in total. The van der Waals surface area contributed by atoms with Gasteiger partial charge in [0.05, 0.1) is 4.70 Å². The zero-order valence-corrected chi connectivity index (χ0v) is 14.7. The normalized spacial score (nSPS) is 11.1. The molecule has 0 radical (unpaired) electrons. The van der Waals surface area contributed by atoms with Gasteiger partial charge in [-0.2, -0.15) is 10.4 Å². The highest BCUT2D eigenvalue weighted by Gasteiger charge is 2.12. The lowest BCUT2D eigenvalue weighted by molar-refractivity contribution is 1.09. The monoisotopic (exact) mass is 379 g/mol. The largest absolute Gasteiger partial charge is 0.339 e. The molecule has 0 fully saturated rings. The Bertz CT molecular complexity index is 1160. The van der Waals surface area contributed by atoms with Gasteiger partial charge < -0.3 is 5.32 Å². The number of aliphatic imine (C=N–C) groups is 1. The summed E-state index contributed by atoms with van der Waals surface area (Å²) in [6.07, 6.45) is 1.64. The van der Waals surface area contributed by atoms with Crippen LogP contribution in [0.1, 0.15) is 11.1 Å². The molecule has 2 aromatic heterocycles. The number of hydrogen-bond acceptors (Lipinski definition) is 7. The lowest BCUT2D eigenvalue weighted by Crippen LogP contribution is -1.92. The van der Waals surface area contributed by atoms with Crippen molar-refractivity contribution in [2.75, 3.05) is 5.32 Å². The van der Waals surface area contributed by atoms with Crippen molar-refractivity contribution in [1.82, 2.24) is 19.8 Å². The minimum atomic E-state index is 0.300. The van der Waals surface area contributed by atoms with Crippen LogP contribution in [0.2, 0.25) is 5.02 Å². The second-order valence-electron chi connectivity index (χ2n) is 5.30. The minimum absolute atomic E-state index is 0.300. The van der Waals surface area contributed by atoms with Crippen LogP contribution in [0.5, 0.6) is 0 Å². The number of benzene rings is 2. The van der Waals surface area contributed by atoms with Crippen LogP contribution in [0, 0.1) is 11.3 Å². The molecule has 0 aliphatic carbocycles. The van der Waals surface area contributed by atoms with Crippen molar-refractivity contribution in [2.45, 2.75) is 0 Å². The third-order valence-electron chi connectivity index (χ3n) is 3.56. The molecule has 0 bridgehead atoms. The van der Waals surface area contributed by atoms with Crippen LogP contribution < -0.4 is 5.32 Å². The van der Waals surface area contributed by atoms with Crippen LogP contribution in [0.4, 0.5) is 17.3 Å². The molecule has 0 aliphatic rings. The molecule has 2 N–H and O–H groups in total. The fraction of sp³-hybridized carbons (Fsp3) is 0. The first-order valence-corrected chi connectivity index (χ1v) is 8.65. The topological polar surface area (TPSA) is 103 Å². The molecule has 2 aromatic carbocycles. The van der Waals surface area contributed by atoms with Gasteiger partial charge >= 0.3 is 0 Å². The van der Waals surface area contributed by atoms with Gasteiger partial charge in [0.25, 0.3) is 0 Å². The number of aromatic nitrogens is 4. The summed E-state index contributed by atoms with van der Waals surface area (Å²) < 4.78 is 4.91. The number of fused-ring (bicyclic) bond motifs is 1. The van der Waals surface area contributed by atoms with Crippen LogP contribution in [-0.2, 0) is 0 Å². The van der Waals surface area contributed by atoms with Gasteiger partial charge in [0, 0.05) is 16.9 Å². The van der Waals surface area contributed by atoms with Gasteiger partial charge in [-0.05, 0) is 47.4 Å². The van der Waals surface area contributed by atoms with Crippen molar-refractivity contribution in [2.24, 2.45) is 4.99 Å². The Balaban J connectivity index is 1.60. The third kappa shape index (κ3) is 3.26. The zero-order valence-electron chi connectivity index (χ0n) is 13.1. The smallest absolute Gasteiger partial charge is 0.193 e. The van der Waals surface area contributed by atoms with E-state index in [4.69, 9.17) is 11.6 Å². The lowest BCUT2D eigenvalue weighted by Gasteiger charge is -2.03. The first-order valence-electron chi connectivity index (χ1n) is 7.50. The van der Waals surface area contributed by atoms with Gasteiger partial charge in [-0.3, -0.25) is 5.10 Å². The molecular formula is C17H10ClN7S. The third-order valence-corrected chi connectivity index (χ3v) is 4.50. The maximum atomic E-state index is 9.46. The van der Waals surface area contributed by atoms with Crippen LogP contribution in [0.25, 0.3) is 10.2 Å². The highest BCUT2D eigenvalue weighted by Crippen LogP contribution is 2.27. The Labute approximate surface area is 157 Å². The molecule has 0 amide bonds. The zero-order chi connectivity index (χ0) is 17.9. The van der Waals surface area contributed by atoms with E-state index in [1.54, 1.807) is 18.3 Å². The number of anilines is 2. The Morgan fingerprint density at radius 2 is 2.19 bits per heavy atom. The van der Waals surface area contributed by atoms with E-state index in [9.17, 15) is 5.26 Å². The SMILES string of the molecule is N#Cc1c(N=Cc2ccc3snnc3c2)n[nH]c1Nc1cccc(Cl)c1. The first-order chi connectivity index (χ1) is 12.7. The van der Waals surface area contributed by atoms with Crippen molar-refractivity contribution < 1.29 is 0 Å². The molecule has 0 saturated heterocycles. The molecule has 4 rings (SSSR count). The average Bonchev–Trinajstić information content (AvgIpc) is 3.26. The Morgan fingerprint density at radius 1 is 1.27 bits per heavy atom. The van der Waals surface area contributed by atoms with Gasteiger partial charge in [-0.15, -0.1) is 5.10 Å². The van der Waals surface area contributed by atoms with E-state index in [2.05, 4.69) is 36.2 Å². The molecule has 0 spiro atoms. The number of nitrogens with one attached hydrogen (secondary N) is 2. The summed E-state index contributed by atoms with van der Waals surface area (Å²) in [7, 11) is 0. The fourth-order valence-electron chi connectivity index (χ4n) is 2.35. The van der Waals surface area contributed by atoms with Crippen LogP contribution >= 0.6 is 23.1 Å². The quantitative estimate of drug-likeness (QED) is 0.510. The van der Waals surface area contributed by atoms with Crippen molar-refractivity contribution in [3.63, 3.8) is 0 Å². The summed E-state index contributed by atoms with van der Waals surface area (Å²) >= 11 is 7.32. The molecular weight excluding hydrogens is 370 g/mol. The van der Waals surface area contributed by atoms with Gasteiger partial charge in [0.2, 0.25) is 0 Å². The maximum absolute atomic E-state index is 9.46. The minimum Gasteiger partial charge on any atom is -0.339 e. The summed E-state index contributed by atoms with van der Waals surface area (Å²) in [6.45, 7) is 0. The average molecular weight is 380 g/mol. The van der Waals surface area contributed by atoms with E-state index in [1.165, 1.54) is 11.5 Å². The standard InChI is InChI=1S/C17H10ClN7S/c18-11-2-1-3-12(7-11)21-17-13(8-19)16(23-24-17)20-9-10-4-5-15-14(6-10)22-25-26-15/h1-7,9H,(H2,21,23,24). The van der Waals surface area contributed by atoms with Crippen molar-refractivity contribution in [3.05, 3.63) is 58.6 Å². The fourth-order valence-corrected chi connectivity index (χ4v) is 3.08. The van der Waals surface area contributed by atoms with Crippen molar-refractivity contribution in [1.29, 1.82) is 5.26 Å². The van der Waals surface area contributed by atoms with E-state index < -0.39 is 0 Å². The van der Waals surface area contributed by atoms with Crippen molar-refractivity contribution in [3.8, 4) is 6.07 Å². The molecule has 26 heavy (non-hydrogen) atoms. The number of nitriles is 1. The molecule has 0 unspecified atom stereocenters. The van der Waals surface area contributed by atoms with Gasteiger partial charge in [-0.25, -0.2) is 4.99 Å². The van der Waals surface area contributed by atoms with E-state index >= 15 is 0 Å². The molecule has 0 aliphatic heterocycles. The molecule has 2 heterocycles. The maximum Gasteiger partial charge on any atom is 0.193 e. The van der Waals surface area contributed by atoms with E-state index in [0.29, 0.717) is 22.2 Å². The molecule has 9 heteroatoms. The molecule has 4 aromatic rings. The summed E-state index contributed by atoms with van der Waals surface area (Å²) in [6, 6.07) is 15.0. The summed E-state index contributed by atoms with van der Waals surface area (Å²) in [4.78, 5) is 4.32. The highest BCUT2D eigenvalue weighted by atomic mass is 35.5. The van der Waals surface area contributed by atoms with E-state index in [-0.39, 0.29) is 0 Å². The highest BCUT2D eigenvalue weighted by molar-refractivity contribution is 7.12. The predicted molar refractivity (Wildman–Crippen MR) is 103 cm³/mol. The molecule has 0 saturated carbocycles. The second kappa shape index (κ2) is 6.92. The summed E-state index contributed by atoms with van der Waals surface area (Å²) in [5.41, 5.74) is 2.72. The lowest BCUT2D eigenvalue weighted by atomic mass is 10.2. The van der Waals surface area contributed by atoms with E-state index in [0.717, 1.165) is 21.5 Å². The van der Waals surface area contributed by atoms with Gasteiger partial charge in [-0.1, -0.05) is 28.2 Å². The van der Waals surface area contributed by atoms with E-state index in [1.807, 2.05) is 30.3 Å². The predicted octanol–water partition coefficient (Wildman–Crippen LogP) is 4.43. The Hall–Kier alpha value is -3.28. The molecule has 126 valence electrons. The van der Waals surface area contributed by atoms with Crippen LogP contribution in [0.15, 0.2) is 47.5 Å². The number of H-pyrrole nitrogens is 1. The number of rotatable bonds is 4.